The number of aliphatic hydroxyl groups excluding tert-OH is 1. The highest BCUT2D eigenvalue weighted by Crippen LogP contribution is 2.20. The maximum atomic E-state index is 12.7. The number of nitrogens with one attached hydrogen (secondary N) is 1. The lowest BCUT2D eigenvalue weighted by molar-refractivity contribution is -0.138. The molecule has 3 rings (SSSR count). The van der Waals surface area contributed by atoms with E-state index in [2.05, 4.69) is 10.5 Å². The second-order valence-corrected chi connectivity index (χ2v) is 8.50. The molecule has 2 N–H and O–H groups in total. The molecule has 2 aromatic rings. The van der Waals surface area contributed by atoms with Crippen LogP contribution < -0.4 is 5.32 Å². The molecule has 1 aromatic carbocycles. The van der Waals surface area contributed by atoms with Gasteiger partial charge in [-0.1, -0.05) is 43.3 Å². The summed E-state index contributed by atoms with van der Waals surface area (Å²) in [5, 5.41) is 16.6. The van der Waals surface area contributed by atoms with Crippen molar-refractivity contribution in [3.8, 4) is 0 Å². The molecule has 8 heteroatoms. The fourth-order valence-corrected chi connectivity index (χ4v) is 3.69. The first-order valence-corrected chi connectivity index (χ1v) is 10.5. The molecule has 0 bridgehead atoms. The molecule has 0 saturated carbocycles. The SMILES string of the molecule is Cc1cc(CC(=O)N2CC(O)CC2C(=O)NCc2ccc(C(=O)CC(C)C)cc2)on1. The van der Waals surface area contributed by atoms with Gasteiger partial charge in [-0.3, -0.25) is 14.4 Å². The van der Waals surface area contributed by atoms with Gasteiger partial charge in [-0.15, -0.1) is 0 Å². The van der Waals surface area contributed by atoms with Gasteiger partial charge in [0.05, 0.1) is 18.2 Å². The third kappa shape index (κ3) is 6.01. The number of aromatic nitrogens is 1. The third-order valence-electron chi connectivity index (χ3n) is 5.24. The normalized spacial score (nSPS) is 18.4. The first kappa shape index (κ1) is 22.7. The van der Waals surface area contributed by atoms with Crippen LogP contribution >= 0.6 is 0 Å². The average Bonchev–Trinajstić information content (AvgIpc) is 3.31. The predicted octanol–water partition coefficient (Wildman–Crippen LogP) is 2.03. The molecule has 1 saturated heterocycles. The summed E-state index contributed by atoms with van der Waals surface area (Å²) in [5.74, 6) is 0.211. The van der Waals surface area contributed by atoms with Crippen molar-refractivity contribution in [2.45, 2.75) is 58.7 Å². The molecule has 0 aliphatic carbocycles. The summed E-state index contributed by atoms with van der Waals surface area (Å²) in [4.78, 5) is 38.9. The molecule has 166 valence electrons. The van der Waals surface area contributed by atoms with Crippen LogP contribution in [0.25, 0.3) is 0 Å². The third-order valence-corrected chi connectivity index (χ3v) is 5.24. The van der Waals surface area contributed by atoms with Gasteiger partial charge in [0.15, 0.2) is 5.78 Å². The number of aliphatic hydroxyl groups is 1. The lowest BCUT2D eigenvalue weighted by Crippen LogP contribution is -2.46. The highest BCUT2D eigenvalue weighted by Gasteiger charge is 2.38. The van der Waals surface area contributed by atoms with Gasteiger partial charge in [0.1, 0.15) is 11.8 Å². The summed E-state index contributed by atoms with van der Waals surface area (Å²) < 4.78 is 5.09. The van der Waals surface area contributed by atoms with Crippen LogP contribution in [0.4, 0.5) is 0 Å². The van der Waals surface area contributed by atoms with E-state index >= 15 is 0 Å². The van der Waals surface area contributed by atoms with Crippen LogP contribution in [-0.4, -0.2) is 51.5 Å². The minimum atomic E-state index is -0.748. The molecule has 8 nitrogen and oxygen atoms in total. The number of Topliss-reactive ketones (excluding diaryl/α,β-unsaturated/α-hetero) is 1. The number of rotatable bonds is 8. The number of hydrogen-bond donors (Lipinski definition) is 2. The van der Waals surface area contributed by atoms with Gasteiger partial charge < -0.3 is 19.8 Å². The van der Waals surface area contributed by atoms with Gasteiger partial charge in [-0.2, -0.15) is 0 Å². The number of likely N-dealkylation sites (tertiary alicyclic amines) is 1. The Morgan fingerprint density at radius 3 is 2.58 bits per heavy atom. The summed E-state index contributed by atoms with van der Waals surface area (Å²) in [6.07, 6.45) is -0.0707. The lowest BCUT2D eigenvalue weighted by atomic mass is 10.0. The zero-order valence-corrected chi connectivity index (χ0v) is 18.1. The zero-order valence-electron chi connectivity index (χ0n) is 18.1. The Morgan fingerprint density at radius 1 is 1.26 bits per heavy atom. The van der Waals surface area contributed by atoms with E-state index in [0.717, 1.165) is 5.56 Å². The van der Waals surface area contributed by atoms with Crippen LogP contribution in [0.2, 0.25) is 0 Å². The van der Waals surface area contributed by atoms with Crippen molar-refractivity contribution in [2.24, 2.45) is 5.92 Å². The van der Waals surface area contributed by atoms with Crippen LogP contribution in [0.15, 0.2) is 34.9 Å². The van der Waals surface area contributed by atoms with Crippen LogP contribution in [-0.2, 0) is 22.6 Å². The number of amides is 2. The second kappa shape index (κ2) is 9.87. The van der Waals surface area contributed by atoms with Gasteiger partial charge in [-0.05, 0) is 18.4 Å². The number of carbonyl (C=O) groups excluding carboxylic acids is 3. The van der Waals surface area contributed by atoms with E-state index in [1.165, 1.54) is 4.90 Å². The van der Waals surface area contributed by atoms with Crippen molar-refractivity contribution in [2.75, 3.05) is 6.54 Å². The summed E-state index contributed by atoms with van der Waals surface area (Å²) in [6.45, 7) is 6.15. The van der Waals surface area contributed by atoms with E-state index in [-0.39, 0.29) is 43.5 Å². The number of benzene rings is 1. The molecule has 0 spiro atoms. The molecule has 2 amide bonds. The molecule has 2 heterocycles. The highest BCUT2D eigenvalue weighted by molar-refractivity contribution is 5.96. The molecular formula is C23H29N3O5. The van der Waals surface area contributed by atoms with Gasteiger partial charge in [0, 0.05) is 37.6 Å². The fraction of sp³-hybridized carbons (Fsp3) is 0.478. The smallest absolute Gasteiger partial charge is 0.243 e. The Morgan fingerprint density at radius 2 is 1.97 bits per heavy atom. The molecule has 1 aliphatic rings. The van der Waals surface area contributed by atoms with E-state index in [4.69, 9.17) is 4.52 Å². The van der Waals surface area contributed by atoms with Crippen LogP contribution in [0, 0.1) is 12.8 Å². The fourth-order valence-electron chi connectivity index (χ4n) is 3.69. The summed E-state index contributed by atoms with van der Waals surface area (Å²) in [6, 6.07) is 8.09. The van der Waals surface area contributed by atoms with Crippen LogP contribution in [0.3, 0.4) is 0 Å². The zero-order chi connectivity index (χ0) is 22.5. The van der Waals surface area contributed by atoms with E-state index in [1.54, 1.807) is 25.1 Å². The number of β-amino-alcohol motifs (C(OH)–C–C–N with tert-alkyl or cyclic N) is 1. The molecule has 1 fully saturated rings. The summed E-state index contributed by atoms with van der Waals surface area (Å²) in [5.41, 5.74) is 2.18. The van der Waals surface area contributed by atoms with Gasteiger partial charge in [0.25, 0.3) is 0 Å². The summed E-state index contributed by atoms with van der Waals surface area (Å²) in [7, 11) is 0. The quantitative estimate of drug-likeness (QED) is 0.624. The topological polar surface area (TPSA) is 113 Å². The highest BCUT2D eigenvalue weighted by atomic mass is 16.5. The lowest BCUT2D eigenvalue weighted by Gasteiger charge is -2.23. The second-order valence-electron chi connectivity index (χ2n) is 8.50. The Hall–Kier alpha value is -3.00. The van der Waals surface area contributed by atoms with Crippen molar-refractivity contribution < 1.29 is 24.0 Å². The van der Waals surface area contributed by atoms with Crippen molar-refractivity contribution in [1.82, 2.24) is 15.4 Å². The molecule has 2 atom stereocenters. The van der Waals surface area contributed by atoms with E-state index < -0.39 is 12.1 Å². The van der Waals surface area contributed by atoms with Crippen molar-refractivity contribution in [3.63, 3.8) is 0 Å². The number of nitrogens with zero attached hydrogens (tertiary/aromatic N) is 2. The first-order chi connectivity index (χ1) is 14.7. The van der Waals surface area contributed by atoms with Gasteiger partial charge in [0.2, 0.25) is 11.8 Å². The minimum absolute atomic E-state index is 0.0107. The maximum absolute atomic E-state index is 12.7. The Kier molecular flexibility index (Phi) is 7.22. The monoisotopic (exact) mass is 427 g/mol. The number of hydrogen-bond acceptors (Lipinski definition) is 6. The Bertz CT molecular complexity index is 935. The molecule has 2 unspecified atom stereocenters. The van der Waals surface area contributed by atoms with Crippen molar-refractivity contribution in [3.05, 3.63) is 52.9 Å². The van der Waals surface area contributed by atoms with Crippen molar-refractivity contribution >= 4 is 17.6 Å². The van der Waals surface area contributed by atoms with Crippen molar-refractivity contribution in [1.29, 1.82) is 0 Å². The molecule has 31 heavy (non-hydrogen) atoms. The summed E-state index contributed by atoms with van der Waals surface area (Å²) >= 11 is 0. The maximum Gasteiger partial charge on any atom is 0.243 e. The molecular weight excluding hydrogens is 398 g/mol. The predicted molar refractivity (Wildman–Crippen MR) is 113 cm³/mol. The van der Waals surface area contributed by atoms with Crippen LogP contribution in [0.1, 0.15) is 54.1 Å². The molecule has 1 aliphatic heterocycles. The first-order valence-electron chi connectivity index (χ1n) is 10.5. The largest absolute Gasteiger partial charge is 0.391 e. The van der Waals surface area contributed by atoms with Gasteiger partial charge in [-0.25, -0.2) is 0 Å². The molecule has 1 aromatic heterocycles. The van der Waals surface area contributed by atoms with E-state index in [1.807, 2.05) is 26.0 Å². The standard InChI is InChI=1S/C23H29N3O5/c1-14(2)8-21(28)17-6-4-16(5-7-17)12-24-23(30)20-10-18(27)13-26(20)22(29)11-19-9-15(3)25-31-19/h4-7,9,14,18,20,27H,8,10-13H2,1-3H3,(H,24,30). The average molecular weight is 428 g/mol. The Balaban J connectivity index is 1.57. The van der Waals surface area contributed by atoms with Gasteiger partial charge >= 0.3 is 0 Å². The number of ketones is 1. The van der Waals surface area contributed by atoms with Crippen LogP contribution in [0.5, 0.6) is 0 Å². The van der Waals surface area contributed by atoms with E-state index in [0.29, 0.717) is 29.4 Å². The number of aryl methyl sites for hydroxylation is 1. The minimum Gasteiger partial charge on any atom is -0.391 e. The Labute approximate surface area is 181 Å². The molecule has 0 radical (unpaired) electrons. The number of carbonyl (C=O) groups is 3. The van der Waals surface area contributed by atoms with E-state index in [9.17, 15) is 19.5 Å².